The number of benzene rings is 4. The molecule has 0 amide bonds. The highest BCUT2D eigenvalue weighted by Crippen LogP contribution is 2.41. The van der Waals surface area contributed by atoms with Crippen LogP contribution in [0.25, 0.3) is 90.9 Å². The molecule has 2 aliphatic heterocycles. The summed E-state index contributed by atoms with van der Waals surface area (Å²) in [5, 5.41) is 0. The SMILES string of the molecule is Brc1cc2[nH]c1c(-c1ccccc1)c1nc(c(-c3ccccc3)c3cc(Br)c([nH]3)c(-c3ccccc3)c3nc(c2-c2ccccc2)C=C3)C=C1. The summed E-state index contributed by atoms with van der Waals surface area (Å²) in [6.07, 6.45) is 8.49. The van der Waals surface area contributed by atoms with Crippen LogP contribution in [0.5, 0.6) is 0 Å². The average Bonchev–Trinajstić information content (AvgIpc) is 3.97. The zero-order valence-corrected chi connectivity index (χ0v) is 29.8. The van der Waals surface area contributed by atoms with Gasteiger partial charge in [-0.25, -0.2) is 9.97 Å². The van der Waals surface area contributed by atoms with Crippen molar-refractivity contribution in [2.24, 2.45) is 0 Å². The zero-order valence-electron chi connectivity index (χ0n) is 26.7. The number of fused-ring (bicyclic) bond motifs is 8. The lowest BCUT2D eigenvalue weighted by Crippen LogP contribution is -1.89. The number of H-pyrrole nitrogens is 2. The smallest absolute Gasteiger partial charge is 0.0737 e. The fourth-order valence-corrected chi connectivity index (χ4v) is 7.97. The van der Waals surface area contributed by atoms with Crippen LogP contribution in [0.1, 0.15) is 22.8 Å². The van der Waals surface area contributed by atoms with E-state index in [4.69, 9.17) is 9.97 Å². The lowest BCUT2D eigenvalue weighted by atomic mass is 10.0. The Hall–Kier alpha value is -5.56. The van der Waals surface area contributed by atoms with Crippen LogP contribution in [0.15, 0.2) is 142 Å². The van der Waals surface area contributed by atoms with Gasteiger partial charge in [-0.1, -0.05) is 121 Å². The molecule has 0 unspecified atom stereocenters. The molecule has 3 aromatic heterocycles. The molecule has 5 heterocycles. The molecule has 238 valence electrons. The van der Waals surface area contributed by atoms with Crippen LogP contribution in [0.2, 0.25) is 0 Å². The predicted octanol–water partition coefficient (Wildman–Crippen LogP) is 12.8. The monoisotopic (exact) mass is 770 g/mol. The topological polar surface area (TPSA) is 57.4 Å². The van der Waals surface area contributed by atoms with Gasteiger partial charge in [-0.05, 0) is 90.6 Å². The van der Waals surface area contributed by atoms with E-state index in [1.807, 2.05) is 24.3 Å². The van der Waals surface area contributed by atoms with E-state index in [1.165, 1.54) is 0 Å². The third-order valence-electron chi connectivity index (χ3n) is 9.13. The van der Waals surface area contributed by atoms with Gasteiger partial charge < -0.3 is 9.97 Å². The van der Waals surface area contributed by atoms with Gasteiger partial charge in [-0.15, -0.1) is 0 Å². The molecule has 0 saturated heterocycles. The molecule has 0 aliphatic carbocycles. The first-order valence-corrected chi connectivity index (χ1v) is 18.0. The van der Waals surface area contributed by atoms with Crippen LogP contribution >= 0.6 is 31.9 Å². The largest absolute Gasteiger partial charge is 0.353 e. The molecular formula is C44H28Br2N4. The van der Waals surface area contributed by atoms with E-state index >= 15 is 0 Å². The van der Waals surface area contributed by atoms with E-state index < -0.39 is 0 Å². The first-order valence-electron chi connectivity index (χ1n) is 16.4. The molecule has 7 aromatic rings. The number of aromatic nitrogens is 4. The minimum Gasteiger partial charge on any atom is -0.353 e. The van der Waals surface area contributed by atoms with Crippen LogP contribution < -0.4 is 0 Å². The van der Waals surface area contributed by atoms with Crippen molar-refractivity contribution >= 4 is 78.2 Å². The first kappa shape index (κ1) is 30.5. The second-order valence-corrected chi connectivity index (χ2v) is 13.9. The van der Waals surface area contributed by atoms with Crippen molar-refractivity contribution in [1.82, 2.24) is 19.9 Å². The van der Waals surface area contributed by atoms with E-state index in [1.54, 1.807) is 0 Å². The number of nitrogens with one attached hydrogen (secondary N) is 2. The summed E-state index contributed by atoms with van der Waals surface area (Å²) in [6.45, 7) is 0. The fraction of sp³-hybridized carbons (Fsp3) is 0. The number of nitrogens with zero attached hydrogens (tertiary/aromatic N) is 2. The number of halogens is 2. The molecule has 50 heavy (non-hydrogen) atoms. The Morgan fingerprint density at radius 3 is 0.960 bits per heavy atom. The van der Waals surface area contributed by atoms with Gasteiger partial charge in [0.2, 0.25) is 0 Å². The summed E-state index contributed by atoms with van der Waals surface area (Å²) in [4.78, 5) is 18.4. The molecule has 9 rings (SSSR count). The number of aromatic amines is 2. The quantitative estimate of drug-likeness (QED) is 0.187. The van der Waals surface area contributed by atoms with Crippen molar-refractivity contribution < 1.29 is 0 Å². The molecule has 0 spiro atoms. The highest BCUT2D eigenvalue weighted by atomic mass is 79.9. The molecule has 8 bridgehead atoms. The third-order valence-corrected chi connectivity index (χ3v) is 10.4. The van der Waals surface area contributed by atoms with E-state index in [0.29, 0.717) is 0 Å². The van der Waals surface area contributed by atoms with Crippen molar-refractivity contribution in [2.45, 2.75) is 0 Å². The highest BCUT2D eigenvalue weighted by Gasteiger charge is 2.20. The number of hydrogen-bond donors (Lipinski definition) is 2. The average molecular weight is 773 g/mol. The molecule has 0 saturated carbocycles. The second kappa shape index (κ2) is 12.7. The Morgan fingerprint density at radius 1 is 0.360 bits per heavy atom. The molecule has 4 aromatic carbocycles. The van der Waals surface area contributed by atoms with E-state index in [0.717, 1.165) is 98.3 Å². The number of hydrogen-bond acceptors (Lipinski definition) is 2. The Morgan fingerprint density at radius 2 is 0.640 bits per heavy atom. The van der Waals surface area contributed by atoms with Gasteiger partial charge >= 0.3 is 0 Å². The van der Waals surface area contributed by atoms with Crippen molar-refractivity contribution in [3.8, 4) is 44.5 Å². The van der Waals surface area contributed by atoms with Crippen molar-refractivity contribution in [1.29, 1.82) is 0 Å². The van der Waals surface area contributed by atoms with Gasteiger partial charge in [0.05, 0.1) is 33.8 Å². The van der Waals surface area contributed by atoms with Crippen LogP contribution in [-0.2, 0) is 0 Å². The van der Waals surface area contributed by atoms with Gasteiger partial charge in [0, 0.05) is 42.2 Å². The second-order valence-electron chi connectivity index (χ2n) is 12.2. The lowest BCUT2D eigenvalue weighted by Gasteiger charge is -2.07. The van der Waals surface area contributed by atoms with Gasteiger partial charge in [0.1, 0.15) is 0 Å². The molecule has 6 heteroatoms. The Labute approximate surface area is 306 Å². The molecular weight excluding hydrogens is 744 g/mol. The van der Waals surface area contributed by atoms with Crippen molar-refractivity contribution in [3.63, 3.8) is 0 Å². The van der Waals surface area contributed by atoms with Gasteiger partial charge in [0.25, 0.3) is 0 Å². The van der Waals surface area contributed by atoms with Crippen LogP contribution in [0, 0.1) is 0 Å². The standard InChI is InChI=1S/C44H28Br2N4/c45-31-25-37-39(27-13-5-1-6-14-27)33-21-23-35(47-33)41(29-17-9-3-10-18-29)44-32(46)26-38(50-44)40(28-15-7-2-8-16-28)34-22-24-36(48-34)42(43(31)49-37)30-19-11-4-12-20-30/h1-26,49-50H. The van der Waals surface area contributed by atoms with Gasteiger partial charge in [0.15, 0.2) is 0 Å². The molecule has 0 fully saturated rings. The van der Waals surface area contributed by atoms with Crippen LogP contribution in [0.4, 0.5) is 0 Å². The van der Waals surface area contributed by atoms with Crippen molar-refractivity contribution in [3.05, 3.63) is 165 Å². The molecule has 2 N–H and O–H groups in total. The number of rotatable bonds is 4. The van der Waals surface area contributed by atoms with E-state index in [2.05, 4.69) is 175 Å². The van der Waals surface area contributed by atoms with E-state index in [-0.39, 0.29) is 0 Å². The first-order chi connectivity index (χ1) is 24.6. The molecule has 2 aliphatic rings. The summed E-state index contributed by atoms with van der Waals surface area (Å²) in [7, 11) is 0. The highest BCUT2D eigenvalue weighted by molar-refractivity contribution is 9.11. The summed E-state index contributed by atoms with van der Waals surface area (Å²) < 4.78 is 1.89. The third kappa shape index (κ3) is 5.38. The summed E-state index contributed by atoms with van der Waals surface area (Å²) in [5.41, 5.74) is 15.6. The molecule has 0 atom stereocenters. The fourth-order valence-electron chi connectivity index (χ4n) is 6.92. The molecule has 0 radical (unpaired) electrons. The van der Waals surface area contributed by atoms with Gasteiger partial charge in [-0.3, -0.25) is 0 Å². The normalized spacial score (nSPS) is 12.0. The maximum Gasteiger partial charge on any atom is 0.0737 e. The summed E-state index contributed by atoms with van der Waals surface area (Å²) >= 11 is 7.92. The Bertz CT molecular complexity index is 2450. The van der Waals surface area contributed by atoms with E-state index in [9.17, 15) is 0 Å². The summed E-state index contributed by atoms with van der Waals surface area (Å²) in [5.74, 6) is 0. The maximum atomic E-state index is 5.38. The summed E-state index contributed by atoms with van der Waals surface area (Å²) in [6, 6.07) is 46.2. The Balaban J connectivity index is 1.52. The molecule has 4 nitrogen and oxygen atoms in total. The van der Waals surface area contributed by atoms with Crippen LogP contribution in [-0.4, -0.2) is 19.9 Å². The minimum absolute atomic E-state index is 0.873. The predicted molar refractivity (Wildman–Crippen MR) is 216 cm³/mol. The minimum atomic E-state index is 0.873. The van der Waals surface area contributed by atoms with Crippen LogP contribution in [0.3, 0.4) is 0 Å². The van der Waals surface area contributed by atoms with Crippen molar-refractivity contribution in [2.75, 3.05) is 0 Å². The zero-order chi connectivity index (χ0) is 33.6. The maximum absolute atomic E-state index is 5.38. The Kier molecular flexibility index (Phi) is 7.76. The van der Waals surface area contributed by atoms with Gasteiger partial charge in [-0.2, -0.15) is 0 Å². The lowest BCUT2D eigenvalue weighted by molar-refractivity contribution is 1.31.